The van der Waals surface area contributed by atoms with Gasteiger partial charge in [-0.15, -0.1) is 0 Å². The average Bonchev–Trinajstić information content (AvgIpc) is 3.16. The predicted octanol–water partition coefficient (Wildman–Crippen LogP) is 4.03. The second-order valence-corrected chi connectivity index (χ2v) is 5.36. The first-order valence-electron chi connectivity index (χ1n) is 6.77. The lowest BCUT2D eigenvalue weighted by Gasteiger charge is -2.00. The van der Waals surface area contributed by atoms with Crippen molar-refractivity contribution in [2.75, 3.05) is 11.9 Å². The molecular weight excluding hydrogens is 286 g/mol. The van der Waals surface area contributed by atoms with Gasteiger partial charge in [0.15, 0.2) is 0 Å². The second-order valence-electron chi connectivity index (χ2n) is 4.95. The number of halogens is 1. The van der Waals surface area contributed by atoms with Gasteiger partial charge < -0.3 is 9.84 Å². The molecule has 4 nitrogen and oxygen atoms in total. The highest BCUT2D eigenvalue weighted by atomic mass is 35.5. The highest BCUT2D eigenvalue weighted by molar-refractivity contribution is 6.33. The number of rotatable bonds is 2. The van der Waals surface area contributed by atoms with Gasteiger partial charge in [-0.3, -0.25) is 0 Å². The summed E-state index contributed by atoms with van der Waals surface area (Å²) in [5.74, 6) is 1.02. The Bertz CT molecular complexity index is 813. The monoisotopic (exact) mass is 297 g/mol. The van der Waals surface area contributed by atoms with Crippen LogP contribution in [0.2, 0.25) is 5.02 Å². The largest absolute Gasteiger partial charge is 0.384 e. The lowest BCUT2D eigenvalue weighted by atomic mass is 10.1. The molecule has 0 atom stereocenters. The van der Waals surface area contributed by atoms with Crippen molar-refractivity contribution in [3.8, 4) is 22.8 Å². The van der Waals surface area contributed by atoms with Crippen LogP contribution < -0.4 is 5.32 Å². The second kappa shape index (κ2) is 4.90. The zero-order valence-electron chi connectivity index (χ0n) is 11.1. The Labute approximate surface area is 126 Å². The third kappa shape index (κ3) is 2.17. The summed E-state index contributed by atoms with van der Waals surface area (Å²) in [7, 11) is 0. The number of nitrogens with one attached hydrogen (secondary N) is 1. The Kier molecular flexibility index (Phi) is 2.89. The van der Waals surface area contributed by atoms with E-state index in [0.717, 1.165) is 24.1 Å². The SMILES string of the molecule is Clc1ccccc1-c1noc(-c2ccc3c(c2)CCN3)n1. The van der Waals surface area contributed by atoms with E-state index in [-0.39, 0.29) is 0 Å². The minimum Gasteiger partial charge on any atom is -0.384 e. The zero-order valence-corrected chi connectivity index (χ0v) is 11.9. The number of anilines is 1. The molecule has 1 aromatic heterocycles. The summed E-state index contributed by atoms with van der Waals surface area (Å²) in [4.78, 5) is 4.45. The molecule has 2 aromatic carbocycles. The molecule has 104 valence electrons. The third-order valence-corrected chi connectivity index (χ3v) is 3.93. The van der Waals surface area contributed by atoms with Crippen LogP contribution in [0.5, 0.6) is 0 Å². The van der Waals surface area contributed by atoms with Gasteiger partial charge in [-0.05, 0) is 42.3 Å². The summed E-state index contributed by atoms with van der Waals surface area (Å²) in [6, 6.07) is 13.6. The summed E-state index contributed by atoms with van der Waals surface area (Å²) >= 11 is 6.16. The molecule has 0 bridgehead atoms. The molecule has 0 aliphatic carbocycles. The lowest BCUT2D eigenvalue weighted by Crippen LogP contribution is -1.90. The zero-order chi connectivity index (χ0) is 14.2. The maximum atomic E-state index is 6.16. The summed E-state index contributed by atoms with van der Waals surface area (Å²) in [5.41, 5.74) is 4.18. The van der Waals surface area contributed by atoms with Crippen molar-refractivity contribution < 1.29 is 4.52 Å². The van der Waals surface area contributed by atoms with Gasteiger partial charge in [-0.25, -0.2) is 0 Å². The fourth-order valence-corrected chi connectivity index (χ4v) is 2.75. The highest BCUT2D eigenvalue weighted by Gasteiger charge is 2.16. The summed E-state index contributed by atoms with van der Waals surface area (Å²) in [6.07, 6.45) is 1.02. The maximum absolute atomic E-state index is 6.16. The van der Waals surface area contributed by atoms with Gasteiger partial charge in [0.1, 0.15) is 0 Å². The fourth-order valence-electron chi connectivity index (χ4n) is 2.53. The molecule has 5 heteroatoms. The molecule has 0 saturated heterocycles. The van der Waals surface area contributed by atoms with Crippen LogP contribution in [0.3, 0.4) is 0 Å². The minimum atomic E-state index is 0.509. The predicted molar refractivity (Wildman–Crippen MR) is 82.4 cm³/mol. The quantitative estimate of drug-likeness (QED) is 0.776. The molecule has 1 aliphatic heterocycles. The lowest BCUT2D eigenvalue weighted by molar-refractivity contribution is 0.432. The summed E-state index contributed by atoms with van der Waals surface area (Å²) < 4.78 is 5.38. The topological polar surface area (TPSA) is 51.0 Å². The van der Waals surface area contributed by atoms with Gasteiger partial charge >= 0.3 is 0 Å². The number of hydrogen-bond acceptors (Lipinski definition) is 4. The Morgan fingerprint density at radius 2 is 2.05 bits per heavy atom. The summed E-state index contributed by atoms with van der Waals surface area (Å²) in [5, 5.41) is 7.98. The maximum Gasteiger partial charge on any atom is 0.258 e. The number of benzene rings is 2. The van der Waals surface area contributed by atoms with Crippen molar-refractivity contribution in [2.24, 2.45) is 0 Å². The van der Waals surface area contributed by atoms with E-state index in [4.69, 9.17) is 16.1 Å². The molecule has 0 amide bonds. The number of fused-ring (bicyclic) bond motifs is 1. The van der Waals surface area contributed by atoms with Crippen molar-refractivity contribution in [2.45, 2.75) is 6.42 Å². The molecule has 2 heterocycles. The molecule has 1 aliphatic rings. The van der Waals surface area contributed by atoms with E-state index in [0.29, 0.717) is 16.7 Å². The molecule has 0 radical (unpaired) electrons. The number of nitrogens with zero attached hydrogens (tertiary/aromatic N) is 2. The Morgan fingerprint density at radius 1 is 1.14 bits per heavy atom. The van der Waals surface area contributed by atoms with E-state index in [1.807, 2.05) is 30.3 Å². The normalized spacial score (nSPS) is 13.0. The van der Waals surface area contributed by atoms with Crippen LogP contribution in [0, 0.1) is 0 Å². The first-order chi connectivity index (χ1) is 10.3. The van der Waals surface area contributed by atoms with Crippen LogP contribution in [0.25, 0.3) is 22.8 Å². The van der Waals surface area contributed by atoms with Gasteiger partial charge in [0.05, 0.1) is 5.02 Å². The van der Waals surface area contributed by atoms with Crippen molar-refractivity contribution in [1.82, 2.24) is 10.1 Å². The van der Waals surface area contributed by atoms with Crippen molar-refractivity contribution >= 4 is 17.3 Å². The Balaban J connectivity index is 1.73. The van der Waals surface area contributed by atoms with E-state index in [1.54, 1.807) is 0 Å². The van der Waals surface area contributed by atoms with Crippen LogP contribution in [0.15, 0.2) is 47.0 Å². The molecule has 0 unspecified atom stereocenters. The third-order valence-electron chi connectivity index (χ3n) is 3.60. The molecule has 1 N–H and O–H groups in total. The molecule has 0 fully saturated rings. The molecule has 0 spiro atoms. The average molecular weight is 298 g/mol. The van der Waals surface area contributed by atoms with E-state index in [2.05, 4.69) is 27.6 Å². The Hall–Kier alpha value is -2.33. The van der Waals surface area contributed by atoms with Gasteiger partial charge in [-0.2, -0.15) is 4.98 Å². The van der Waals surface area contributed by atoms with Crippen molar-refractivity contribution in [1.29, 1.82) is 0 Å². The number of aromatic nitrogens is 2. The van der Waals surface area contributed by atoms with Crippen molar-refractivity contribution in [3.05, 3.63) is 53.1 Å². The van der Waals surface area contributed by atoms with Crippen LogP contribution >= 0.6 is 11.6 Å². The van der Waals surface area contributed by atoms with Crippen molar-refractivity contribution in [3.63, 3.8) is 0 Å². The van der Waals surface area contributed by atoms with E-state index in [9.17, 15) is 0 Å². The van der Waals surface area contributed by atoms with Gasteiger partial charge in [0, 0.05) is 23.4 Å². The Morgan fingerprint density at radius 3 is 2.95 bits per heavy atom. The van der Waals surface area contributed by atoms with Crippen LogP contribution in [0.1, 0.15) is 5.56 Å². The van der Waals surface area contributed by atoms with E-state index < -0.39 is 0 Å². The van der Waals surface area contributed by atoms with Crippen LogP contribution in [0.4, 0.5) is 5.69 Å². The van der Waals surface area contributed by atoms with E-state index in [1.165, 1.54) is 11.3 Å². The first kappa shape index (κ1) is 12.4. The molecule has 21 heavy (non-hydrogen) atoms. The number of hydrogen-bond donors (Lipinski definition) is 1. The molecule has 3 aromatic rings. The van der Waals surface area contributed by atoms with Crippen LogP contribution in [-0.4, -0.2) is 16.7 Å². The van der Waals surface area contributed by atoms with E-state index >= 15 is 0 Å². The van der Waals surface area contributed by atoms with Gasteiger partial charge in [0.2, 0.25) is 5.82 Å². The molecular formula is C16H12ClN3O. The minimum absolute atomic E-state index is 0.509. The van der Waals surface area contributed by atoms with Gasteiger partial charge in [0.25, 0.3) is 5.89 Å². The summed E-state index contributed by atoms with van der Waals surface area (Å²) in [6.45, 7) is 0.980. The van der Waals surface area contributed by atoms with Crippen LogP contribution in [-0.2, 0) is 6.42 Å². The smallest absolute Gasteiger partial charge is 0.258 e. The standard InChI is InChI=1S/C16H12ClN3O/c17-13-4-2-1-3-12(13)15-19-16(21-20-15)11-5-6-14-10(9-11)7-8-18-14/h1-6,9,18H,7-8H2. The molecule has 4 rings (SSSR count). The highest BCUT2D eigenvalue weighted by Crippen LogP contribution is 2.30. The van der Waals surface area contributed by atoms with Gasteiger partial charge in [-0.1, -0.05) is 28.9 Å². The molecule has 0 saturated carbocycles. The first-order valence-corrected chi connectivity index (χ1v) is 7.15. The fraction of sp³-hybridized carbons (Fsp3) is 0.125.